The van der Waals surface area contributed by atoms with Crippen LogP contribution < -0.4 is 10.2 Å². The van der Waals surface area contributed by atoms with E-state index in [1.807, 2.05) is 7.05 Å². The highest BCUT2D eigenvalue weighted by molar-refractivity contribution is 7.89. The summed E-state index contributed by atoms with van der Waals surface area (Å²) in [7, 11) is -1.69. The summed E-state index contributed by atoms with van der Waals surface area (Å²) in [6, 6.07) is 4.42. The standard InChI is InChI=1S/C18H28N4O4S/c1-14-5-3-4-6-16(14)19-17-8-7-15(13-18(17)22(23)24)27(25,26)21-11-9-20(2)10-12-21/h7-8,13-14,16,19H,3-6,9-12H2,1-2H3/p+1/t14-,16-/m1/s1. The van der Waals surface area contributed by atoms with Crippen LogP contribution in [0, 0.1) is 16.0 Å². The fourth-order valence-corrected chi connectivity index (χ4v) is 5.39. The highest BCUT2D eigenvalue weighted by atomic mass is 32.2. The smallest absolute Gasteiger partial charge is 0.293 e. The molecule has 2 atom stereocenters. The molecule has 0 bridgehead atoms. The van der Waals surface area contributed by atoms with Crippen LogP contribution in [-0.4, -0.2) is 56.9 Å². The molecule has 27 heavy (non-hydrogen) atoms. The van der Waals surface area contributed by atoms with Gasteiger partial charge in [0.05, 0.1) is 43.0 Å². The van der Waals surface area contributed by atoms with E-state index in [-0.39, 0.29) is 16.6 Å². The van der Waals surface area contributed by atoms with Crippen LogP contribution in [0.15, 0.2) is 23.1 Å². The maximum absolute atomic E-state index is 12.9. The van der Waals surface area contributed by atoms with Crippen molar-refractivity contribution in [2.75, 3.05) is 38.5 Å². The molecule has 1 aliphatic carbocycles. The molecule has 1 saturated heterocycles. The van der Waals surface area contributed by atoms with E-state index < -0.39 is 14.9 Å². The molecule has 150 valence electrons. The second kappa shape index (κ2) is 8.12. The maximum atomic E-state index is 12.9. The molecule has 1 saturated carbocycles. The van der Waals surface area contributed by atoms with Gasteiger partial charge in [0, 0.05) is 12.1 Å². The van der Waals surface area contributed by atoms with Crippen LogP contribution in [-0.2, 0) is 10.0 Å². The number of benzene rings is 1. The molecule has 3 rings (SSSR count). The highest BCUT2D eigenvalue weighted by Crippen LogP contribution is 2.33. The van der Waals surface area contributed by atoms with Crippen molar-refractivity contribution in [1.82, 2.24) is 4.31 Å². The van der Waals surface area contributed by atoms with Gasteiger partial charge in [-0.05, 0) is 30.9 Å². The lowest BCUT2D eigenvalue weighted by Gasteiger charge is -2.30. The number of nitrogens with zero attached hydrogens (tertiary/aromatic N) is 2. The van der Waals surface area contributed by atoms with Gasteiger partial charge in [-0.2, -0.15) is 4.31 Å². The summed E-state index contributed by atoms with van der Waals surface area (Å²) in [5.41, 5.74) is 0.231. The summed E-state index contributed by atoms with van der Waals surface area (Å²) in [6.07, 6.45) is 4.37. The maximum Gasteiger partial charge on any atom is 0.293 e. The van der Waals surface area contributed by atoms with Gasteiger partial charge in [0.25, 0.3) is 5.69 Å². The quantitative estimate of drug-likeness (QED) is 0.573. The van der Waals surface area contributed by atoms with E-state index in [4.69, 9.17) is 0 Å². The number of nitro groups is 1. The normalized spacial score (nSPS) is 25.3. The van der Waals surface area contributed by atoms with Gasteiger partial charge in [0.1, 0.15) is 5.69 Å². The van der Waals surface area contributed by atoms with E-state index in [9.17, 15) is 18.5 Å². The first-order valence-corrected chi connectivity index (χ1v) is 11.1. The van der Waals surface area contributed by atoms with Crippen LogP contribution in [0.2, 0.25) is 0 Å². The van der Waals surface area contributed by atoms with Crippen LogP contribution in [0.4, 0.5) is 11.4 Å². The Bertz CT molecular complexity index is 791. The minimum Gasteiger partial charge on any atom is -0.376 e. The molecular weight excluding hydrogens is 368 g/mol. The zero-order chi connectivity index (χ0) is 19.6. The first kappa shape index (κ1) is 20.0. The van der Waals surface area contributed by atoms with E-state index in [1.54, 1.807) is 6.07 Å². The fourth-order valence-electron chi connectivity index (χ4n) is 3.93. The van der Waals surface area contributed by atoms with Crippen LogP contribution in [0.1, 0.15) is 32.6 Å². The number of nitrogens with one attached hydrogen (secondary N) is 2. The molecule has 0 unspecified atom stereocenters. The molecule has 8 nitrogen and oxygen atoms in total. The second-order valence-electron chi connectivity index (χ2n) is 7.81. The summed E-state index contributed by atoms with van der Waals surface area (Å²) in [5.74, 6) is 0.439. The van der Waals surface area contributed by atoms with E-state index >= 15 is 0 Å². The van der Waals surface area contributed by atoms with Gasteiger partial charge in [-0.15, -0.1) is 0 Å². The first-order valence-electron chi connectivity index (χ1n) is 9.65. The van der Waals surface area contributed by atoms with Crippen molar-refractivity contribution < 1.29 is 18.2 Å². The van der Waals surface area contributed by atoms with Crippen LogP contribution in [0.25, 0.3) is 0 Å². The SMILES string of the molecule is C[C@@H]1CCCC[C@H]1Nc1ccc(S(=O)(=O)N2CC[NH+](C)CC2)cc1[N+](=O)[O-]. The van der Waals surface area contributed by atoms with Gasteiger partial charge >= 0.3 is 0 Å². The highest BCUT2D eigenvalue weighted by Gasteiger charge is 2.31. The fraction of sp³-hybridized carbons (Fsp3) is 0.667. The van der Waals surface area contributed by atoms with E-state index in [0.717, 1.165) is 32.4 Å². The summed E-state index contributed by atoms with van der Waals surface area (Å²) >= 11 is 0. The van der Waals surface area contributed by atoms with Gasteiger partial charge in [-0.25, -0.2) is 8.42 Å². The van der Waals surface area contributed by atoms with Crippen molar-refractivity contribution in [1.29, 1.82) is 0 Å². The van der Waals surface area contributed by atoms with Gasteiger partial charge in [0.2, 0.25) is 10.0 Å². The Morgan fingerprint density at radius 1 is 1.22 bits per heavy atom. The van der Waals surface area contributed by atoms with Crippen LogP contribution >= 0.6 is 0 Å². The zero-order valence-electron chi connectivity index (χ0n) is 16.0. The first-order chi connectivity index (χ1) is 12.8. The monoisotopic (exact) mass is 397 g/mol. The Hall–Kier alpha value is -1.71. The summed E-state index contributed by atoms with van der Waals surface area (Å²) in [6.45, 7) is 4.49. The molecule has 1 heterocycles. The zero-order valence-corrected chi connectivity index (χ0v) is 16.8. The molecule has 1 aliphatic heterocycles. The second-order valence-corrected chi connectivity index (χ2v) is 9.75. The van der Waals surface area contributed by atoms with E-state index in [2.05, 4.69) is 12.2 Å². The van der Waals surface area contributed by atoms with Gasteiger partial charge in [-0.1, -0.05) is 19.8 Å². The lowest BCUT2D eigenvalue weighted by molar-refractivity contribution is -0.883. The van der Waals surface area contributed by atoms with Crippen molar-refractivity contribution >= 4 is 21.4 Å². The minimum absolute atomic E-state index is 0.00371. The van der Waals surface area contributed by atoms with Gasteiger partial charge < -0.3 is 10.2 Å². The number of likely N-dealkylation sites (N-methyl/N-ethyl adjacent to an activating group) is 1. The average molecular weight is 398 g/mol. The Morgan fingerprint density at radius 2 is 1.89 bits per heavy atom. The van der Waals surface area contributed by atoms with Crippen molar-refractivity contribution in [3.05, 3.63) is 28.3 Å². The molecule has 0 amide bonds. The predicted molar refractivity (Wildman–Crippen MR) is 104 cm³/mol. The number of rotatable bonds is 5. The summed E-state index contributed by atoms with van der Waals surface area (Å²) < 4.78 is 27.2. The molecule has 1 aromatic rings. The molecule has 0 spiro atoms. The predicted octanol–water partition coefficient (Wildman–Crippen LogP) is 1.10. The molecule has 9 heteroatoms. The third-order valence-corrected chi connectivity index (χ3v) is 7.73. The summed E-state index contributed by atoms with van der Waals surface area (Å²) in [4.78, 5) is 12.4. The Morgan fingerprint density at radius 3 is 2.52 bits per heavy atom. The summed E-state index contributed by atoms with van der Waals surface area (Å²) in [5, 5.41) is 14.9. The number of hydrogen-bond donors (Lipinski definition) is 2. The van der Waals surface area contributed by atoms with Crippen molar-refractivity contribution in [2.45, 2.75) is 43.5 Å². The third kappa shape index (κ3) is 4.41. The van der Waals surface area contributed by atoms with Crippen molar-refractivity contribution in [2.24, 2.45) is 5.92 Å². The number of anilines is 1. The average Bonchev–Trinajstić information content (AvgIpc) is 2.64. The van der Waals surface area contributed by atoms with Crippen LogP contribution in [0.3, 0.4) is 0 Å². The van der Waals surface area contributed by atoms with Crippen molar-refractivity contribution in [3.8, 4) is 0 Å². The Labute approximate surface area is 160 Å². The number of piperazine rings is 1. The Kier molecular flexibility index (Phi) is 6.02. The van der Waals surface area contributed by atoms with E-state index in [1.165, 1.54) is 27.8 Å². The molecule has 2 fully saturated rings. The number of nitro benzene ring substituents is 1. The van der Waals surface area contributed by atoms with Crippen molar-refractivity contribution in [3.63, 3.8) is 0 Å². The topological polar surface area (TPSA) is 97.0 Å². The number of hydrogen-bond acceptors (Lipinski definition) is 5. The largest absolute Gasteiger partial charge is 0.376 e. The Balaban J connectivity index is 1.86. The molecule has 2 N–H and O–H groups in total. The van der Waals surface area contributed by atoms with E-state index in [0.29, 0.717) is 24.7 Å². The number of sulfonamides is 1. The molecule has 0 radical (unpaired) electrons. The molecule has 2 aliphatic rings. The molecule has 1 aromatic carbocycles. The van der Waals surface area contributed by atoms with Crippen LogP contribution in [0.5, 0.6) is 0 Å². The third-order valence-electron chi connectivity index (χ3n) is 5.83. The lowest BCUT2D eigenvalue weighted by atomic mass is 9.86. The minimum atomic E-state index is -3.71. The van der Waals surface area contributed by atoms with Gasteiger partial charge in [-0.3, -0.25) is 10.1 Å². The number of quaternary nitrogens is 1. The van der Waals surface area contributed by atoms with Gasteiger partial charge in [0.15, 0.2) is 0 Å². The lowest BCUT2D eigenvalue weighted by Crippen LogP contribution is -3.12. The molecular formula is C18H29N4O4S+. The molecule has 0 aromatic heterocycles.